The number of rotatable bonds is 3. The van der Waals surface area contributed by atoms with E-state index in [2.05, 4.69) is 45.1 Å². The Morgan fingerprint density at radius 2 is 2.41 bits per heavy atom. The van der Waals surface area contributed by atoms with E-state index >= 15 is 0 Å². The van der Waals surface area contributed by atoms with Gasteiger partial charge < -0.3 is 14.6 Å². The number of fused-ring (bicyclic) bond motifs is 1. The van der Waals surface area contributed by atoms with Gasteiger partial charge in [-0.15, -0.1) is 0 Å². The molecule has 1 N–H and O–H groups in total. The maximum Gasteiger partial charge on any atom is 0.194 e. The first-order valence-electron chi connectivity index (χ1n) is 7.80. The molecular weight excluding hydrogens is 294 g/mol. The average molecular weight is 317 g/mol. The molecule has 0 radical (unpaired) electrons. The highest BCUT2D eigenvalue weighted by Gasteiger charge is 2.21. The van der Waals surface area contributed by atoms with Gasteiger partial charge in [-0.25, -0.2) is 4.98 Å². The molecule has 1 atom stereocenters. The molecular formula is C16H23N5S. The summed E-state index contributed by atoms with van der Waals surface area (Å²) in [4.78, 5) is 11.4. The van der Waals surface area contributed by atoms with Crippen LogP contribution in [0, 0.1) is 0 Å². The van der Waals surface area contributed by atoms with Crippen LogP contribution >= 0.6 is 11.8 Å². The zero-order valence-electron chi connectivity index (χ0n) is 13.2. The summed E-state index contributed by atoms with van der Waals surface area (Å²) in [5.74, 6) is 2.16. The van der Waals surface area contributed by atoms with Crippen molar-refractivity contribution in [1.82, 2.24) is 19.6 Å². The SMILES string of the molecule is CCC1CN(C(=NC)NCc2cn3ccccc3n2)CCS1. The Kier molecular flexibility index (Phi) is 4.87. The molecule has 0 amide bonds. The summed E-state index contributed by atoms with van der Waals surface area (Å²) in [6.07, 6.45) is 5.30. The Balaban J connectivity index is 1.63. The predicted octanol–water partition coefficient (Wildman–Crippen LogP) is 2.24. The molecule has 0 spiro atoms. The highest BCUT2D eigenvalue weighted by molar-refractivity contribution is 8.00. The van der Waals surface area contributed by atoms with E-state index in [9.17, 15) is 0 Å². The molecule has 1 aliphatic rings. The molecule has 0 aliphatic carbocycles. The molecule has 1 saturated heterocycles. The fourth-order valence-electron chi connectivity index (χ4n) is 2.73. The lowest BCUT2D eigenvalue weighted by molar-refractivity contribution is 0.408. The van der Waals surface area contributed by atoms with Gasteiger partial charge in [-0.05, 0) is 18.6 Å². The van der Waals surface area contributed by atoms with Gasteiger partial charge in [0.05, 0.1) is 12.2 Å². The molecule has 3 heterocycles. The normalized spacial score (nSPS) is 19.6. The van der Waals surface area contributed by atoms with Crippen LogP contribution in [-0.2, 0) is 6.54 Å². The Morgan fingerprint density at radius 3 is 3.18 bits per heavy atom. The van der Waals surface area contributed by atoms with Crippen molar-refractivity contribution in [2.75, 3.05) is 25.9 Å². The summed E-state index contributed by atoms with van der Waals surface area (Å²) >= 11 is 2.07. The van der Waals surface area contributed by atoms with Crippen molar-refractivity contribution in [3.63, 3.8) is 0 Å². The van der Waals surface area contributed by atoms with Crippen LogP contribution in [0.5, 0.6) is 0 Å². The quantitative estimate of drug-likeness (QED) is 0.696. The van der Waals surface area contributed by atoms with Crippen molar-refractivity contribution < 1.29 is 0 Å². The first-order chi connectivity index (χ1) is 10.8. The van der Waals surface area contributed by atoms with Crippen LogP contribution in [-0.4, -0.2) is 51.4 Å². The number of nitrogens with one attached hydrogen (secondary N) is 1. The van der Waals surface area contributed by atoms with Crippen LogP contribution < -0.4 is 5.32 Å². The van der Waals surface area contributed by atoms with Gasteiger partial charge in [-0.3, -0.25) is 4.99 Å². The molecule has 0 bridgehead atoms. The van der Waals surface area contributed by atoms with Crippen LogP contribution in [0.2, 0.25) is 0 Å². The summed E-state index contributed by atoms with van der Waals surface area (Å²) < 4.78 is 2.05. The number of guanidine groups is 1. The summed E-state index contributed by atoms with van der Waals surface area (Å²) in [6, 6.07) is 6.04. The van der Waals surface area contributed by atoms with Crippen molar-refractivity contribution >= 4 is 23.4 Å². The van der Waals surface area contributed by atoms with E-state index in [0.29, 0.717) is 11.8 Å². The second-order valence-corrected chi connectivity index (χ2v) is 6.85. The highest BCUT2D eigenvalue weighted by Crippen LogP contribution is 2.21. The van der Waals surface area contributed by atoms with Crippen molar-refractivity contribution in [3.8, 4) is 0 Å². The number of pyridine rings is 1. The molecule has 1 fully saturated rings. The minimum Gasteiger partial charge on any atom is -0.351 e. The first-order valence-corrected chi connectivity index (χ1v) is 8.85. The molecule has 118 valence electrons. The molecule has 3 rings (SSSR count). The molecule has 6 heteroatoms. The third-order valence-electron chi connectivity index (χ3n) is 3.95. The summed E-state index contributed by atoms with van der Waals surface area (Å²) in [5, 5.41) is 4.16. The largest absolute Gasteiger partial charge is 0.351 e. The summed E-state index contributed by atoms with van der Waals surface area (Å²) in [5.41, 5.74) is 2.01. The topological polar surface area (TPSA) is 44.9 Å². The third kappa shape index (κ3) is 3.38. The maximum atomic E-state index is 4.62. The third-order valence-corrected chi connectivity index (χ3v) is 5.32. The van der Waals surface area contributed by atoms with Gasteiger partial charge in [0.15, 0.2) is 5.96 Å². The lowest BCUT2D eigenvalue weighted by Crippen LogP contribution is -2.47. The second-order valence-electron chi connectivity index (χ2n) is 5.45. The summed E-state index contributed by atoms with van der Waals surface area (Å²) in [7, 11) is 1.86. The molecule has 2 aromatic heterocycles. The van der Waals surface area contributed by atoms with E-state index in [-0.39, 0.29) is 0 Å². The Hall–Kier alpha value is -1.69. The van der Waals surface area contributed by atoms with Crippen molar-refractivity contribution in [3.05, 3.63) is 36.3 Å². The van der Waals surface area contributed by atoms with E-state index in [0.717, 1.165) is 30.4 Å². The number of aromatic nitrogens is 2. The van der Waals surface area contributed by atoms with Crippen LogP contribution in [0.25, 0.3) is 5.65 Å². The Morgan fingerprint density at radius 1 is 1.50 bits per heavy atom. The molecule has 0 aromatic carbocycles. The smallest absolute Gasteiger partial charge is 0.194 e. The zero-order chi connectivity index (χ0) is 15.4. The van der Waals surface area contributed by atoms with Crippen LogP contribution in [0.15, 0.2) is 35.6 Å². The number of nitrogens with zero attached hydrogens (tertiary/aromatic N) is 4. The molecule has 0 saturated carbocycles. The number of hydrogen-bond donors (Lipinski definition) is 1. The highest BCUT2D eigenvalue weighted by atomic mass is 32.2. The Bertz CT molecular complexity index is 618. The van der Waals surface area contributed by atoms with Gasteiger partial charge in [0.25, 0.3) is 0 Å². The second kappa shape index (κ2) is 7.05. The minimum atomic E-state index is 0.703. The first kappa shape index (κ1) is 15.2. The fraction of sp³-hybridized carbons (Fsp3) is 0.500. The van der Waals surface area contributed by atoms with E-state index in [4.69, 9.17) is 0 Å². The van der Waals surface area contributed by atoms with Gasteiger partial charge in [0, 0.05) is 43.5 Å². The molecule has 2 aromatic rings. The van der Waals surface area contributed by atoms with Gasteiger partial charge in [0.1, 0.15) is 5.65 Å². The standard InChI is InChI=1S/C16H23N5S/c1-3-14-12-21(8-9-22-14)16(17-2)18-10-13-11-20-7-5-4-6-15(20)19-13/h4-7,11,14H,3,8-10,12H2,1-2H3,(H,17,18). The van der Waals surface area contributed by atoms with E-state index in [1.54, 1.807) is 0 Å². The van der Waals surface area contributed by atoms with Crippen molar-refractivity contribution in [2.24, 2.45) is 4.99 Å². The average Bonchev–Trinajstić information content (AvgIpc) is 2.98. The Labute approximate surface area is 135 Å². The minimum absolute atomic E-state index is 0.703. The molecule has 5 nitrogen and oxygen atoms in total. The molecule has 22 heavy (non-hydrogen) atoms. The van der Waals surface area contributed by atoms with Crippen molar-refractivity contribution in [2.45, 2.75) is 25.1 Å². The monoisotopic (exact) mass is 317 g/mol. The molecule has 1 unspecified atom stereocenters. The van der Waals surface area contributed by atoms with Crippen LogP contribution in [0.4, 0.5) is 0 Å². The van der Waals surface area contributed by atoms with Gasteiger partial charge in [0.2, 0.25) is 0 Å². The lowest BCUT2D eigenvalue weighted by Gasteiger charge is -2.34. The van der Waals surface area contributed by atoms with Crippen molar-refractivity contribution in [1.29, 1.82) is 0 Å². The number of hydrogen-bond acceptors (Lipinski definition) is 3. The zero-order valence-corrected chi connectivity index (χ0v) is 14.0. The fourth-order valence-corrected chi connectivity index (χ4v) is 3.91. The van der Waals surface area contributed by atoms with Gasteiger partial charge >= 0.3 is 0 Å². The van der Waals surface area contributed by atoms with E-state index in [1.165, 1.54) is 12.2 Å². The van der Waals surface area contributed by atoms with E-state index < -0.39 is 0 Å². The van der Waals surface area contributed by atoms with E-state index in [1.807, 2.05) is 35.8 Å². The number of aliphatic imine (C=N–C) groups is 1. The maximum absolute atomic E-state index is 4.62. The molecule has 1 aliphatic heterocycles. The lowest BCUT2D eigenvalue weighted by atomic mass is 10.3. The number of thioether (sulfide) groups is 1. The van der Waals surface area contributed by atoms with Crippen LogP contribution in [0.3, 0.4) is 0 Å². The van der Waals surface area contributed by atoms with Gasteiger partial charge in [-0.2, -0.15) is 11.8 Å². The number of imidazole rings is 1. The van der Waals surface area contributed by atoms with Crippen LogP contribution in [0.1, 0.15) is 19.0 Å². The summed E-state index contributed by atoms with van der Waals surface area (Å²) in [6.45, 7) is 5.10. The predicted molar refractivity (Wildman–Crippen MR) is 93.5 cm³/mol. The van der Waals surface area contributed by atoms with Gasteiger partial charge in [-0.1, -0.05) is 13.0 Å².